The summed E-state index contributed by atoms with van der Waals surface area (Å²) in [6, 6.07) is 12.1. The maximum Gasteiger partial charge on any atom is 0.333 e. The Morgan fingerprint density at radius 3 is 1.95 bits per heavy atom. The van der Waals surface area contributed by atoms with E-state index in [1.807, 2.05) is 12.1 Å². The number of ether oxygens (including phenoxy) is 6. The van der Waals surface area contributed by atoms with Crippen molar-refractivity contribution in [2.24, 2.45) is 11.3 Å². The second-order valence-corrected chi connectivity index (χ2v) is 16.7. The molecular weight excluding hydrogens is 823 g/mol. The molecule has 0 spiro atoms. The van der Waals surface area contributed by atoms with E-state index >= 15 is 0 Å². The normalized spacial score (nSPS) is 16.7. The molecule has 2 aliphatic rings. The summed E-state index contributed by atoms with van der Waals surface area (Å²) in [4.78, 5) is 88.4. The van der Waals surface area contributed by atoms with Gasteiger partial charge in [0, 0.05) is 28.9 Å². The van der Waals surface area contributed by atoms with Crippen molar-refractivity contribution in [3.05, 3.63) is 89.5 Å². The Morgan fingerprint density at radius 1 is 0.703 bits per heavy atom. The van der Waals surface area contributed by atoms with E-state index in [-0.39, 0.29) is 30.1 Å². The molecule has 14 heteroatoms. The van der Waals surface area contributed by atoms with Gasteiger partial charge < -0.3 is 28.4 Å². The number of amides is 2. The highest BCUT2D eigenvalue weighted by Crippen LogP contribution is 2.40. The predicted molar refractivity (Wildman–Crippen MR) is 237 cm³/mol. The van der Waals surface area contributed by atoms with E-state index < -0.39 is 86.5 Å². The molecule has 0 aromatic heterocycles. The van der Waals surface area contributed by atoms with Gasteiger partial charge in [0.1, 0.15) is 57.2 Å². The lowest BCUT2D eigenvalue weighted by atomic mass is 9.76. The molecule has 14 nitrogen and oxygen atoms in total. The Labute approximate surface area is 376 Å². The number of benzene rings is 2. The van der Waals surface area contributed by atoms with Crippen molar-refractivity contribution >= 4 is 41.7 Å². The lowest BCUT2D eigenvalue weighted by molar-refractivity contribution is -0.166. The van der Waals surface area contributed by atoms with Crippen LogP contribution >= 0.6 is 0 Å². The summed E-state index contributed by atoms with van der Waals surface area (Å²) in [6.07, 6.45) is 12.1. The summed E-state index contributed by atoms with van der Waals surface area (Å²) < 4.78 is 33.4. The van der Waals surface area contributed by atoms with Gasteiger partial charge in [0.05, 0.1) is 6.61 Å². The maximum absolute atomic E-state index is 13.1. The fourth-order valence-electron chi connectivity index (χ4n) is 7.61. The van der Waals surface area contributed by atoms with Crippen molar-refractivity contribution in [1.29, 1.82) is 0 Å². The van der Waals surface area contributed by atoms with Crippen LogP contribution in [0.2, 0.25) is 0 Å². The number of nitrogens with zero attached hydrogens (tertiary/aromatic N) is 1. The van der Waals surface area contributed by atoms with Crippen molar-refractivity contribution in [3.63, 3.8) is 0 Å². The van der Waals surface area contributed by atoms with E-state index in [2.05, 4.69) is 45.2 Å². The van der Waals surface area contributed by atoms with Crippen LogP contribution in [0.1, 0.15) is 115 Å². The molecule has 0 saturated heterocycles. The summed E-state index contributed by atoms with van der Waals surface area (Å²) in [6.45, 7) is 13.1. The van der Waals surface area contributed by atoms with Crippen molar-refractivity contribution in [3.8, 4) is 16.9 Å². The van der Waals surface area contributed by atoms with Crippen molar-refractivity contribution in [1.82, 2.24) is 4.90 Å². The van der Waals surface area contributed by atoms with E-state index in [9.17, 15) is 33.6 Å². The Hall–Kier alpha value is -6.05. The van der Waals surface area contributed by atoms with Crippen LogP contribution in [0.15, 0.2) is 72.9 Å². The number of hydrogen-bond donors (Lipinski definition) is 0. The molecular formula is C50H63NO13. The third kappa shape index (κ3) is 15.0. The summed E-state index contributed by atoms with van der Waals surface area (Å²) in [7, 11) is 0. The number of aryl methyl sites for hydroxylation is 1. The standard InChI is InChI=1S/C50H63NO13/c1-8-11-12-13-35-14-16-37(17-15-35)38-18-20-41(36(9-2)24-38)39-19-21-42(40(25-39)28-60-48(57)33(4)5)61-29-50(32-64-49(58)34(6)7,30-62-46(55)26-45(54)59-10-3)31-63-47(56)27-51-43(52)22-23-44(51)53/h18-25,35,37H,4,6,8-17,26-32H2,1-3,5,7H3. The molecule has 1 saturated carbocycles. The largest absolute Gasteiger partial charge is 0.492 e. The average Bonchev–Trinajstić information content (AvgIpc) is 3.59. The quantitative estimate of drug-likeness (QED) is 0.0235. The molecule has 64 heavy (non-hydrogen) atoms. The molecule has 2 aromatic rings. The van der Waals surface area contributed by atoms with E-state index in [1.165, 1.54) is 76.3 Å². The van der Waals surface area contributed by atoms with Crippen LogP contribution in [0.4, 0.5) is 0 Å². The highest BCUT2D eigenvalue weighted by atomic mass is 16.6. The number of carbonyl (C=O) groups is 7. The second kappa shape index (κ2) is 24.7. The summed E-state index contributed by atoms with van der Waals surface area (Å²) in [5, 5.41) is 0. The van der Waals surface area contributed by atoms with Crippen LogP contribution in [0, 0.1) is 11.3 Å². The van der Waals surface area contributed by atoms with Gasteiger partial charge in [-0.25, -0.2) is 9.59 Å². The zero-order valence-corrected chi connectivity index (χ0v) is 38.0. The van der Waals surface area contributed by atoms with E-state index in [0.29, 0.717) is 16.4 Å². The van der Waals surface area contributed by atoms with Gasteiger partial charge in [-0.05, 0) is 99.1 Å². The number of unbranched alkanes of at least 4 members (excludes halogenated alkanes) is 2. The van der Waals surface area contributed by atoms with Crippen LogP contribution in [-0.4, -0.2) is 86.1 Å². The zero-order valence-electron chi connectivity index (χ0n) is 38.0. The average molecular weight is 886 g/mol. The van der Waals surface area contributed by atoms with Crippen LogP contribution in [0.5, 0.6) is 5.75 Å². The summed E-state index contributed by atoms with van der Waals surface area (Å²) in [5.74, 6) is -4.11. The van der Waals surface area contributed by atoms with Crippen LogP contribution in [0.3, 0.4) is 0 Å². The lowest BCUT2D eigenvalue weighted by Crippen LogP contribution is -2.45. The van der Waals surface area contributed by atoms with Gasteiger partial charge in [-0.3, -0.25) is 28.9 Å². The number of esters is 5. The molecule has 1 unspecified atom stereocenters. The molecule has 1 fully saturated rings. The highest BCUT2D eigenvalue weighted by Gasteiger charge is 2.39. The first-order valence-corrected chi connectivity index (χ1v) is 22.1. The minimum atomic E-state index is -1.65. The number of imide groups is 1. The van der Waals surface area contributed by atoms with Gasteiger partial charge in [-0.2, -0.15) is 0 Å². The van der Waals surface area contributed by atoms with Gasteiger partial charge >= 0.3 is 29.8 Å². The molecule has 0 bridgehead atoms. The van der Waals surface area contributed by atoms with E-state index in [0.717, 1.165) is 35.6 Å². The van der Waals surface area contributed by atoms with E-state index in [4.69, 9.17) is 28.4 Å². The molecule has 1 atom stereocenters. The van der Waals surface area contributed by atoms with Crippen molar-refractivity contribution in [2.75, 3.05) is 39.6 Å². The minimum Gasteiger partial charge on any atom is -0.492 e. The third-order valence-electron chi connectivity index (χ3n) is 11.4. The molecule has 2 amide bonds. The van der Waals surface area contributed by atoms with Crippen LogP contribution < -0.4 is 4.74 Å². The fourth-order valence-corrected chi connectivity index (χ4v) is 7.61. The Bertz CT molecular complexity index is 2060. The zero-order chi connectivity index (χ0) is 46.8. The number of hydrogen-bond acceptors (Lipinski definition) is 13. The maximum atomic E-state index is 13.1. The molecule has 0 N–H and O–H groups in total. The Balaban J connectivity index is 1.66. The molecule has 346 valence electrons. The molecule has 4 rings (SSSR count). The molecule has 1 heterocycles. The third-order valence-corrected chi connectivity index (χ3v) is 11.4. The van der Waals surface area contributed by atoms with E-state index in [1.54, 1.807) is 13.0 Å². The monoisotopic (exact) mass is 885 g/mol. The van der Waals surface area contributed by atoms with Gasteiger partial charge in [0.15, 0.2) is 0 Å². The van der Waals surface area contributed by atoms with Gasteiger partial charge in [-0.1, -0.05) is 77.0 Å². The number of carbonyl (C=O) groups excluding carboxylic acids is 7. The Kier molecular flexibility index (Phi) is 19.5. The van der Waals surface area contributed by atoms with Crippen molar-refractivity contribution < 1.29 is 62.0 Å². The van der Waals surface area contributed by atoms with Crippen LogP contribution in [-0.2, 0) is 70.3 Å². The van der Waals surface area contributed by atoms with Crippen LogP contribution in [0.25, 0.3) is 11.1 Å². The highest BCUT2D eigenvalue weighted by molar-refractivity contribution is 6.14. The van der Waals surface area contributed by atoms with Gasteiger partial charge in [0.25, 0.3) is 11.8 Å². The van der Waals surface area contributed by atoms with Crippen molar-refractivity contribution in [2.45, 2.75) is 111 Å². The molecule has 1 aliphatic carbocycles. The SMILES string of the molecule is C=C(C)C(=O)OCc1cc(-c2ccc(C3CCC(CCCCC)CC3)cc2CC)ccc1OCC(COC(=O)CC(=O)OCC)(COC(=O)CN1C(=O)C=CC1=O)COC(=O)C(=C)C. The Morgan fingerprint density at radius 2 is 1.33 bits per heavy atom. The predicted octanol–water partition coefficient (Wildman–Crippen LogP) is 7.84. The molecule has 1 aliphatic heterocycles. The first kappa shape index (κ1) is 50.6. The minimum absolute atomic E-state index is 0.0300. The molecule has 0 radical (unpaired) electrons. The smallest absolute Gasteiger partial charge is 0.333 e. The first-order valence-electron chi connectivity index (χ1n) is 22.1. The summed E-state index contributed by atoms with van der Waals surface area (Å²) >= 11 is 0. The number of rotatable bonds is 25. The fraction of sp³-hybridized carbons (Fsp3) is 0.500. The van der Waals surface area contributed by atoms with Gasteiger partial charge in [0.2, 0.25) is 0 Å². The van der Waals surface area contributed by atoms with Gasteiger partial charge in [-0.15, -0.1) is 0 Å². The summed E-state index contributed by atoms with van der Waals surface area (Å²) in [5.41, 5.74) is 3.41. The molecule has 2 aromatic carbocycles. The first-order chi connectivity index (χ1) is 30.6. The topological polar surface area (TPSA) is 178 Å². The second-order valence-electron chi connectivity index (χ2n) is 16.7. The lowest BCUT2D eigenvalue weighted by Gasteiger charge is -2.32.